The van der Waals surface area contributed by atoms with Crippen molar-refractivity contribution in [2.75, 3.05) is 19.4 Å². The van der Waals surface area contributed by atoms with Crippen molar-refractivity contribution in [3.8, 4) is 17.0 Å². The van der Waals surface area contributed by atoms with Crippen LogP contribution in [0.25, 0.3) is 11.3 Å². The van der Waals surface area contributed by atoms with Crippen LogP contribution in [0.2, 0.25) is 0 Å². The molecule has 8 heteroatoms. The molecule has 2 aromatic rings. The Kier molecular flexibility index (Phi) is 4.31. The number of nitrogens with one attached hydrogen (secondary N) is 1. The largest absolute Gasteiger partial charge is 0.497 e. The molecule has 1 aromatic carbocycles. The third-order valence-electron chi connectivity index (χ3n) is 3.89. The van der Waals surface area contributed by atoms with Crippen LogP contribution in [0.15, 0.2) is 29.4 Å². The topological polar surface area (TPSA) is 90.3 Å². The molecule has 1 amide bonds. The second-order valence-electron chi connectivity index (χ2n) is 5.55. The summed E-state index contributed by atoms with van der Waals surface area (Å²) in [5, 5.41) is 2.76. The van der Waals surface area contributed by atoms with E-state index in [9.17, 15) is 13.2 Å². The van der Waals surface area contributed by atoms with Crippen LogP contribution in [0.5, 0.6) is 5.75 Å². The summed E-state index contributed by atoms with van der Waals surface area (Å²) >= 11 is 0. The first kappa shape index (κ1) is 16.5. The van der Waals surface area contributed by atoms with Gasteiger partial charge in [-0.1, -0.05) is 19.1 Å². The van der Waals surface area contributed by atoms with Gasteiger partial charge in [-0.2, -0.15) is 0 Å². The number of fused-ring (bicyclic) bond motifs is 1. The van der Waals surface area contributed by atoms with Gasteiger partial charge in [-0.05, 0) is 18.6 Å². The molecular formula is C16H19N3O4S. The zero-order valence-electron chi connectivity index (χ0n) is 13.6. The standard InChI is InChI=1S/C16H19N3O4S/c1-3-7-17-15(20)14-13(11-5-4-6-12(10-11)23-2)18-16-19(14)8-9-24(16,21)22/h4-6,10H,3,7-9H2,1-2H3,(H,17,20). The lowest BCUT2D eigenvalue weighted by Gasteiger charge is -2.09. The van der Waals surface area contributed by atoms with Crippen LogP contribution in [0.3, 0.4) is 0 Å². The maximum atomic E-state index is 12.6. The molecule has 1 aliphatic heterocycles. The van der Waals surface area contributed by atoms with Crippen molar-refractivity contribution in [3.05, 3.63) is 30.0 Å². The molecule has 1 N–H and O–H groups in total. The Morgan fingerprint density at radius 2 is 2.21 bits per heavy atom. The van der Waals surface area contributed by atoms with Crippen LogP contribution >= 0.6 is 0 Å². The summed E-state index contributed by atoms with van der Waals surface area (Å²) in [4.78, 5) is 16.9. The van der Waals surface area contributed by atoms with Crippen LogP contribution in [-0.2, 0) is 16.4 Å². The minimum Gasteiger partial charge on any atom is -0.497 e. The van der Waals surface area contributed by atoms with E-state index in [1.54, 1.807) is 31.4 Å². The molecule has 0 bridgehead atoms. The van der Waals surface area contributed by atoms with Gasteiger partial charge in [-0.15, -0.1) is 0 Å². The fourth-order valence-corrected chi connectivity index (χ4v) is 4.06. The molecule has 0 atom stereocenters. The van der Waals surface area contributed by atoms with E-state index in [0.29, 0.717) is 23.6 Å². The van der Waals surface area contributed by atoms with Crippen LogP contribution in [0.4, 0.5) is 0 Å². The van der Waals surface area contributed by atoms with Gasteiger partial charge >= 0.3 is 0 Å². The molecule has 0 saturated carbocycles. The third-order valence-corrected chi connectivity index (χ3v) is 5.48. The summed E-state index contributed by atoms with van der Waals surface area (Å²) in [5.41, 5.74) is 1.29. The molecule has 0 unspecified atom stereocenters. The number of aromatic nitrogens is 2. The highest BCUT2D eigenvalue weighted by atomic mass is 32.2. The van der Waals surface area contributed by atoms with Gasteiger partial charge in [0.25, 0.3) is 5.91 Å². The number of carbonyl (C=O) groups is 1. The number of hydrogen-bond acceptors (Lipinski definition) is 5. The summed E-state index contributed by atoms with van der Waals surface area (Å²) in [7, 11) is -1.90. The zero-order chi connectivity index (χ0) is 17.3. The average Bonchev–Trinajstić information content (AvgIpc) is 3.10. The fraction of sp³-hybridized carbons (Fsp3) is 0.375. The van der Waals surface area contributed by atoms with E-state index in [2.05, 4.69) is 10.3 Å². The molecule has 1 aliphatic rings. The summed E-state index contributed by atoms with van der Waals surface area (Å²) in [6.45, 7) is 2.71. The van der Waals surface area contributed by atoms with Crippen LogP contribution < -0.4 is 10.1 Å². The van der Waals surface area contributed by atoms with Gasteiger partial charge in [-0.3, -0.25) is 4.79 Å². The fourth-order valence-electron chi connectivity index (χ4n) is 2.70. The van der Waals surface area contributed by atoms with Gasteiger partial charge in [0, 0.05) is 18.7 Å². The highest BCUT2D eigenvalue weighted by molar-refractivity contribution is 7.91. The van der Waals surface area contributed by atoms with Gasteiger partial charge in [0.15, 0.2) is 0 Å². The van der Waals surface area contributed by atoms with Crippen molar-refractivity contribution in [2.45, 2.75) is 25.0 Å². The molecule has 0 spiro atoms. The normalized spacial score (nSPS) is 15.1. The Balaban J connectivity index is 2.16. The van der Waals surface area contributed by atoms with E-state index >= 15 is 0 Å². The van der Waals surface area contributed by atoms with Gasteiger partial charge in [0.1, 0.15) is 17.1 Å². The highest BCUT2D eigenvalue weighted by Gasteiger charge is 2.35. The van der Waals surface area contributed by atoms with Gasteiger partial charge in [0.05, 0.1) is 12.9 Å². The van der Waals surface area contributed by atoms with Crippen LogP contribution in [0.1, 0.15) is 23.8 Å². The van der Waals surface area contributed by atoms with Crippen molar-refractivity contribution in [1.29, 1.82) is 0 Å². The van der Waals surface area contributed by atoms with Crippen molar-refractivity contribution in [2.24, 2.45) is 0 Å². The first-order valence-electron chi connectivity index (χ1n) is 7.74. The molecular weight excluding hydrogens is 330 g/mol. The van der Waals surface area contributed by atoms with Gasteiger partial charge in [0.2, 0.25) is 15.0 Å². The van der Waals surface area contributed by atoms with Gasteiger partial charge < -0.3 is 14.6 Å². The Hall–Kier alpha value is -2.35. The minimum atomic E-state index is -3.44. The number of ether oxygens (including phenoxy) is 1. The van der Waals surface area contributed by atoms with Crippen molar-refractivity contribution >= 4 is 15.7 Å². The van der Waals surface area contributed by atoms with Crippen LogP contribution in [-0.4, -0.2) is 43.3 Å². The van der Waals surface area contributed by atoms with E-state index < -0.39 is 9.84 Å². The predicted molar refractivity (Wildman–Crippen MR) is 88.9 cm³/mol. The number of imidazole rings is 1. The Morgan fingerprint density at radius 1 is 1.42 bits per heavy atom. The number of benzene rings is 1. The molecule has 7 nitrogen and oxygen atoms in total. The molecule has 1 aromatic heterocycles. The van der Waals surface area contributed by atoms with E-state index in [1.807, 2.05) is 6.92 Å². The van der Waals surface area contributed by atoms with Crippen molar-refractivity contribution in [1.82, 2.24) is 14.9 Å². The number of methoxy groups -OCH3 is 1. The maximum absolute atomic E-state index is 12.6. The molecule has 2 heterocycles. The van der Waals surface area contributed by atoms with E-state index in [1.165, 1.54) is 4.57 Å². The second kappa shape index (κ2) is 6.27. The average molecular weight is 349 g/mol. The quantitative estimate of drug-likeness (QED) is 0.883. The SMILES string of the molecule is CCCNC(=O)c1c(-c2cccc(OC)c2)nc2n1CCS2(=O)=O. The smallest absolute Gasteiger partial charge is 0.270 e. The number of sulfone groups is 1. The second-order valence-corrected chi connectivity index (χ2v) is 7.55. The first-order chi connectivity index (χ1) is 11.5. The Bertz CT molecular complexity index is 887. The van der Waals surface area contributed by atoms with E-state index in [4.69, 9.17) is 4.74 Å². The summed E-state index contributed by atoms with van der Waals surface area (Å²) in [5.74, 6) is 0.274. The Morgan fingerprint density at radius 3 is 2.92 bits per heavy atom. The van der Waals surface area contributed by atoms with Gasteiger partial charge in [-0.25, -0.2) is 13.4 Å². The lowest BCUT2D eigenvalue weighted by molar-refractivity contribution is 0.0944. The van der Waals surface area contributed by atoms with Crippen molar-refractivity contribution in [3.63, 3.8) is 0 Å². The number of hydrogen-bond donors (Lipinski definition) is 1. The van der Waals surface area contributed by atoms with Crippen molar-refractivity contribution < 1.29 is 17.9 Å². The summed E-state index contributed by atoms with van der Waals surface area (Å²) in [6, 6.07) is 7.08. The van der Waals surface area contributed by atoms with E-state index in [0.717, 1.165) is 6.42 Å². The summed E-state index contributed by atoms with van der Waals surface area (Å²) in [6.07, 6.45) is 0.791. The zero-order valence-corrected chi connectivity index (χ0v) is 14.4. The number of nitrogens with zero attached hydrogens (tertiary/aromatic N) is 2. The molecule has 24 heavy (non-hydrogen) atoms. The third kappa shape index (κ3) is 2.77. The molecule has 3 rings (SSSR count). The monoisotopic (exact) mass is 349 g/mol. The number of rotatable bonds is 5. The molecule has 0 fully saturated rings. The minimum absolute atomic E-state index is 0.0260. The summed E-state index contributed by atoms with van der Waals surface area (Å²) < 4.78 is 31.0. The van der Waals surface area contributed by atoms with E-state index in [-0.39, 0.29) is 29.1 Å². The first-order valence-corrected chi connectivity index (χ1v) is 9.39. The lowest BCUT2D eigenvalue weighted by atomic mass is 10.1. The maximum Gasteiger partial charge on any atom is 0.270 e. The molecule has 0 radical (unpaired) electrons. The molecule has 0 aliphatic carbocycles. The molecule has 128 valence electrons. The predicted octanol–water partition coefficient (Wildman–Crippen LogP) is 1.49. The molecule has 0 saturated heterocycles. The van der Waals surface area contributed by atoms with Crippen LogP contribution in [0, 0.1) is 0 Å². The number of amides is 1. The Labute approximate surface area is 140 Å². The number of carbonyl (C=O) groups excluding carboxylic acids is 1. The lowest BCUT2D eigenvalue weighted by Crippen LogP contribution is -2.27. The highest BCUT2D eigenvalue weighted by Crippen LogP contribution is 2.31.